The van der Waals surface area contributed by atoms with E-state index in [1.807, 2.05) is 0 Å². The van der Waals surface area contributed by atoms with E-state index in [1.165, 1.54) is 6.21 Å². The fraction of sp³-hybridized carbons (Fsp3) is 0.286. The van der Waals surface area contributed by atoms with Crippen LogP contribution in [0.4, 0.5) is 0 Å². The maximum Gasteiger partial charge on any atom is 0.253 e. The SMILES string of the molecule is COc1ccc(C(=O)N2CCC(C(=O)N/N=C\c3ccc(O)cc3)CC2)cc1. The number of nitrogens with zero attached hydrogens (tertiary/aromatic N) is 2. The lowest BCUT2D eigenvalue weighted by Gasteiger charge is -2.31. The Kier molecular flexibility index (Phi) is 6.26. The van der Waals surface area contributed by atoms with Crippen LogP contribution in [-0.2, 0) is 4.79 Å². The summed E-state index contributed by atoms with van der Waals surface area (Å²) >= 11 is 0. The zero-order valence-electron chi connectivity index (χ0n) is 15.7. The zero-order chi connectivity index (χ0) is 19.9. The van der Waals surface area contributed by atoms with Crippen molar-refractivity contribution in [3.63, 3.8) is 0 Å². The minimum absolute atomic E-state index is 0.0353. The van der Waals surface area contributed by atoms with E-state index in [4.69, 9.17) is 4.74 Å². The number of hydrazone groups is 1. The summed E-state index contributed by atoms with van der Waals surface area (Å²) in [6.07, 6.45) is 2.73. The number of carbonyl (C=O) groups is 2. The molecule has 146 valence electrons. The van der Waals surface area contributed by atoms with Crippen LogP contribution in [0.15, 0.2) is 53.6 Å². The van der Waals surface area contributed by atoms with E-state index in [9.17, 15) is 14.7 Å². The number of likely N-dealkylation sites (tertiary alicyclic amines) is 1. The molecule has 7 nitrogen and oxygen atoms in total. The Bertz CT molecular complexity index is 839. The molecule has 2 N–H and O–H groups in total. The first-order chi connectivity index (χ1) is 13.6. The second-order valence-electron chi connectivity index (χ2n) is 6.62. The fourth-order valence-corrected chi connectivity index (χ4v) is 3.08. The van der Waals surface area contributed by atoms with Crippen molar-refractivity contribution < 1.29 is 19.4 Å². The highest BCUT2D eigenvalue weighted by atomic mass is 16.5. The van der Waals surface area contributed by atoms with Gasteiger partial charge in [0, 0.05) is 24.6 Å². The van der Waals surface area contributed by atoms with Crippen molar-refractivity contribution in [2.24, 2.45) is 11.0 Å². The minimum atomic E-state index is -0.170. The summed E-state index contributed by atoms with van der Waals surface area (Å²) in [6.45, 7) is 1.06. The number of amides is 2. The molecule has 0 spiro atoms. The first kappa shape index (κ1) is 19.4. The van der Waals surface area contributed by atoms with E-state index in [0.717, 1.165) is 5.56 Å². The van der Waals surface area contributed by atoms with Crippen LogP contribution in [0.2, 0.25) is 0 Å². The van der Waals surface area contributed by atoms with Crippen LogP contribution in [0.25, 0.3) is 0 Å². The van der Waals surface area contributed by atoms with Gasteiger partial charge in [-0.3, -0.25) is 9.59 Å². The molecule has 3 rings (SSSR count). The molecule has 0 saturated carbocycles. The number of phenols is 1. The zero-order valence-corrected chi connectivity index (χ0v) is 15.7. The second kappa shape index (κ2) is 9.03. The average Bonchev–Trinajstić information content (AvgIpc) is 2.74. The lowest BCUT2D eigenvalue weighted by molar-refractivity contribution is -0.126. The topological polar surface area (TPSA) is 91.2 Å². The fourth-order valence-electron chi connectivity index (χ4n) is 3.08. The Morgan fingerprint density at radius 1 is 1.11 bits per heavy atom. The third-order valence-electron chi connectivity index (χ3n) is 4.77. The van der Waals surface area contributed by atoms with Gasteiger partial charge in [-0.2, -0.15) is 5.10 Å². The number of nitrogens with one attached hydrogen (secondary N) is 1. The van der Waals surface area contributed by atoms with Crippen molar-refractivity contribution in [2.45, 2.75) is 12.8 Å². The van der Waals surface area contributed by atoms with Gasteiger partial charge in [0.25, 0.3) is 5.91 Å². The van der Waals surface area contributed by atoms with E-state index in [2.05, 4.69) is 10.5 Å². The molecular weight excluding hydrogens is 358 g/mol. The first-order valence-corrected chi connectivity index (χ1v) is 9.12. The number of aromatic hydroxyl groups is 1. The Hall–Kier alpha value is -3.35. The first-order valence-electron chi connectivity index (χ1n) is 9.12. The van der Waals surface area contributed by atoms with Gasteiger partial charge in [0.15, 0.2) is 0 Å². The van der Waals surface area contributed by atoms with E-state index in [-0.39, 0.29) is 23.5 Å². The number of carbonyl (C=O) groups excluding carboxylic acids is 2. The van der Waals surface area contributed by atoms with E-state index in [1.54, 1.807) is 60.5 Å². The van der Waals surface area contributed by atoms with Crippen LogP contribution in [0.3, 0.4) is 0 Å². The molecule has 0 aliphatic carbocycles. The summed E-state index contributed by atoms with van der Waals surface area (Å²) in [5.41, 5.74) is 3.94. The molecule has 1 heterocycles. The van der Waals surface area contributed by atoms with Crippen molar-refractivity contribution in [3.05, 3.63) is 59.7 Å². The monoisotopic (exact) mass is 381 g/mol. The van der Waals surface area contributed by atoms with E-state index < -0.39 is 0 Å². The van der Waals surface area contributed by atoms with E-state index in [0.29, 0.717) is 37.2 Å². The molecule has 2 aromatic carbocycles. The number of benzene rings is 2. The third-order valence-corrected chi connectivity index (χ3v) is 4.77. The van der Waals surface area contributed by atoms with Gasteiger partial charge in [-0.25, -0.2) is 5.43 Å². The number of phenolic OH excluding ortho intramolecular Hbond substituents is 1. The number of hydrogen-bond acceptors (Lipinski definition) is 5. The summed E-state index contributed by atoms with van der Waals surface area (Å²) in [5, 5.41) is 13.2. The normalized spacial score (nSPS) is 14.8. The Labute approximate surface area is 163 Å². The quantitative estimate of drug-likeness (QED) is 0.615. The highest BCUT2D eigenvalue weighted by Crippen LogP contribution is 2.20. The molecule has 0 unspecified atom stereocenters. The van der Waals surface area contributed by atoms with Crippen molar-refractivity contribution in [1.82, 2.24) is 10.3 Å². The molecule has 2 aromatic rings. The number of methoxy groups -OCH3 is 1. The van der Waals surface area contributed by atoms with Crippen LogP contribution in [0.1, 0.15) is 28.8 Å². The highest BCUT2D eigenvalue weighted by molar-refractivity contribution is 5.94. The molecule has 2 amide bonds. The third kappa shape index (κ3) is 4.88. The smallest absolute Gasteiger partial charge is 0.253 e. The second-order valence-corrected chi connectivity index (χ2v) is 6.62. The average molecular weight is 381 g/mol. The van der Waals surface area contributed by atoms with Gasteiger partial charge in [-0.05, 0) is 66.9 Å². The minimum Gasteiger partial charge on any atom is -0.508 e. The number of hydrogen-bond donors (Lipinski definition) is 2. The highest BCUT2D eigenvalue weighted by Gasteiger charge is 2.27. The standard InChI is InChI=1S/C21H23N3O4/c1-28-19-8-4-17(5-9-19)21(27)24-12-10-16(11-13-24)20(26)23-22-14-15-2-6-18(25)7-3-15/h2-9,14,16,25H,10-13H2,1H3,(H,23,26)/b22-14-. The molecule has 0 radical (unpaired) electrons. The van der Waals surface area contributed by atoms with Crippen LogP contribution >= 0.6 is 0 Å². The lowest BCUT2D eigenvalue weighted by atomic mass is 9.95. The maximum absolute atomic E-state index is 12.6. The summed E-state index contributed by atoms with van der Waals surface area (Å²) in [5.74, 6) is 0.534. The van der Waals surface area contributed by atoms with Crippen molar-refractivity contribution in [3.8, 4) is 11.5 Å². The summed E-state index contributed by atoms with van der Waals surface area (Å²) < 4.78 is 5.11. The molecule has 0 bridgehead atoms. The van der Waals surface area contributed by atoms with Crippen LogP contribution in [-0.4, -0.2) is 48.2 Å². The largest absolute Gasteiger partial charge is 0.508 e. The van der Waals surface area contributed by atoms with Crippen molar-refractivity contribution in [2.75, 3.05) is 20.2 Å². The predicted octanol–water partition coefficient (Wildman–Crippen LogP) is 2.40. The molecule has 1 saturated heterocycles. The van der Waals surface area contributed by atoms with Crippen LogP contribution in [0.5, 0.6) is 11.5 Å². The summed E-state index contributed by atoms with van der Waals surface area (Å²) in [6, 6.07) is 13.5. The molecule has 1 aliphatic rings. The van der Waals surface area contributed by atoms with Gasteiger partial charge in [-0.15, -0.1) is 0 Å². The van der Waals surface area contributed by atoms with Crippen LogP contribution in [0, 0.1) is 5.92 Å². The molecule has 0 aromatic heterocycles. The molecule has 7 heteroatoms. The van der Waals surface area contributed by atoms with Gasteiger partial charge in [0.1, 0.15) is 11.5 Å². The maximum atomic E-state index is 12.6. The lowest BCUT2D eigenvalue weighted by Crippen LogP contribution is -2.42. The van der Waals surface area contributed by atoms with Crippen molar-refractivity contribution >= 4 is 18.0 Å². The predicted molar refractivity (Wildman–Crippen MR) is 105 cm³/mol. The Morgan fingerprint density at radius 2 is 1.75 bits per heavy atom. The molecule has 1 aliphatic heterocycles. The van der Waals surface area contributed by atoms with Gasteiger partial charge < -0.3 is 14.7 Å². The molecule has 0 atom stereocenters. The van der Waals surface area contributed by atoms with Crippen molar-refractivity contribution in [1.29, 1.82) is 0 Å². The van der Waals surface area contributed by atoms with Gasteiger partial charge in [0.05, 0.1) is 13.3 Å². The van der Waals surface area contributed by atoms with Crippen LogP contribution < -0.4 is 10.2 Å². The molecule has 1 fully saturated rings. The Balaban J connectivity index is 1.47. The summed E-state index contributed by atoms with van der Waals surface area (Å²) in [4.78, 5) is 26.6. The number of ether oxygens (including phenoxy) is 1. The van der Waals surface area contributed by atoms with Gasteiger partial charge in [0.2, 0.25) is 5.91 Å². The van der Waals surface area contributed by atoms with E-state index >= 15 is 0 Å². The Morgan fingerprint density at radius 3 is 2.36 bits per heavy atom. The van der Waals surface area contributed by atoms with Gasteiger partial charge in [-0.1, -0.05) is 0 Å². The number of rotatable bonds is 5. The number of piperidine rings is 1. The molecular formula is C21H23N3O4. The molecule has 28 heavy (non-hydrogen) atoms. The summed E-state index contributed by atoms with van der Waals surface area (Å²) in [7, 11) is 1.58. The van der Waals surface area contributed by atoms with Gasteiger partial charge >= 0.3 is 0 Å².